The third-order valence-corrected chi connectivity index (χ3v) is 21.0. The van der Waals surface area contributed by atoms with Crippen molar-refractivity contribution in [2.75, 3.05) is 34.5 Å². The molecule has 9 heterocycles. The van der Waals surface area contributed by atoms with Crippen LogP contribution in [0.3, 0.4) is 0 Å². The number of benzene rings is 6. The summed E-state index contributed by atoms with van der Waals surface area (Å²) in [4.78, 5) is 141. The Morgan fingerprint density at radius 3 is 1.09 bits per heavy atom. The maximum atomic E-state index is 16.2. The number of aliphatic hydroxyl groups excluding tert-OH is 1. The predicted octanol–water partition coefficient (Wildman–Crippen LogP) is 12.1. The summed E-state index contributed by atoms with van der Waals surface area (Å²) in [5, 5.41) is 21.0. The van der Waals surface area contributed by atoms with E-state index in [0.717, 1.165) is 16.7 Å². The Hall–Kier alpha value is -13.8. The number of anilines is 3. The number of H-pyrrole nitrogens is 1. The largest absolute Gasteiger partial charge is 0.490 e. The van der Waals surface area contributed by atoms with Crippen molar-refractivity contribution in [1.29, 1.82) is 0 Å². The molecule has 6 aromatic carbocycles. The molecule has 0 bridgehead atoms. The molecule has 596 valence electrons. The molecule has 6 amide bonds. The van der Waals surface area contributed by atoms with Gasteiger partial charge in [0.2, 0.25) is 17.7 Å². The Kier molecular flexibility index (Phi) is 22.1. The Bertz CT molecular complexity index is 5540. The SMILES string of the molecule is CC(C)(C)c1ccc(N(C(=O)c2cn(O[C@@H]3COc4ccccc4[C@@H]3NC(=O)C(c3cccnc3)N(C(=O)c3c[nH]cn3)c3ccc(C(C)(C)C)cc3)cn2)C(C(=O)N[C@@H]2c3ccccc3OC[C@H]2On2cnc(C(=O)N(c3ccc(C(C)(C)C)cc3)C(C(=O)N[C@H]3c4ccccc4OC[C@@H]3O)c3cccnc3)c2)c2cccnc2)cc1. The first-order valence-electron chi connectivity index (χ1n) is 38.5. The van der Waals surface area contributed by atoms with Crippen LogP contribution in [0, 0.1) is 0 Å². The van der Waals surface area contributed by atoms with Crippen molar-refractivity contribution in [3.8, 4) is 17.2 Å². The van der Waals surface area contributed by atoms with Gasteiger partial charge in [0.15, 0.2) is 12.2 Å². The molecule has 0 saturated carbocycles. The zero-order valence-electron chi connectivity index (χ0n) is 65.9. The summed E-state index contributed by atoms with van der Waals surface area (Å²) in [6, 6.07) is 46.6. The van der Waals surface area contributed by atoms with Gasteiger partial charge in [-0.05, 0) is 106 Å². The summed E-state index contributed by atoms with van der Waals surface area (Å²) in [5.74, 6) is -2.51. The van der Waals surface area contributed by atoms with E-state index in [2.05, 4.69) is 113 Å². The molecule has 3 aliphatic rings. The number of para-hydroxylation sites is 3. The van der Waals surface area contributed by atoms with Crippen LogP contribution in [0.1, 0.15) is 180 Å². The van der Waals surface area contributed by atoms with E-state index in [1.54, 1.807) is 140 Å². The molecular formula is C90H89N15O12. The van der Waals surface area contributed by atoms with E-state index >= 15 is 24.0 Å². The smallest absolute Gasteiger partial charge is 0.279 e. The number of fused-ring (bicyclic) bond motifs is 3. The van der Waals surface area contributed by atoms with Gasteiger partial charge in [-0.3, -0.25) is 58.4 Å². The van der Waals surface area contributed by atoms with Crippen LogP contribution in [0.4, 0.5) is 17.1 Å². The van der Waals surface area contributed by atoms with Crippen molar-refractivity contribution in [1.82, 2.24) is 60.3 Å². The van der Waals surface area contributed by atoms with Crippen LogP contribution >= 0.6 is 0 Å². The molecule has 27 nitrogen and oxygen atoms in total. The van der Waals surface area contributed by atoms with Crippen molar-refractivity contribution in [2.24, 2.45) is 0 Å². The van der Waals surface area contributed by atoms with Crippen molar-refractivity contribution < 1.29 is 57.8 Å². The summed E-state index contributed by atoms with van der Waals surface area (Å²) >= 11 is 0. The van der Waals surface area contributed by atoms with Crippen LogP contribution in [-0.4, -0.2) is 123 Å². The molecule has 12 aromatic rings. The lowest BCUT2D eigenvalue weighted by molar-refractivity contribution is -0.126. The lowest BCUT2D eigenvalue weighted by Gasteiger charge is -2.36. The number of hydrogen-bond acceptors (Lipinski definition) is 18. The van der Waals surface area contributed by atoms with Gasteiger partial charge in [-0.1, -0.05) is 172 Å². The molecular weight excluding hydrogens is 1480 g/mol. The van der Waals surface area contributed by atoms with Gasteiger partial charge in [-0.2, -0.15) is 9.46 Å². The van der Waals surface area contributed by atoms with Gasteiger partial charge in [0, 0.05) is 93.8 Å². The van der Waals surface area contributed by atoms with E-state index in [9.17, 15) is 9.90 Å². The van der Waals surface area contributed by atoms with Gasteiger partial charge in [-0.15, -0.1) is 0 Å². The number of ether oxygens (including phenoxy) is 3. The second kappa shape index (κ2) is 32.9. The predicted molar refractivity (Wildman–Crippen MR) is 435 cm³/mol. The quantitative estimate of drug-likeness (QED) is 0.0421. The Morgan fingerprint density at radius 1 is 0.427 bits per heavy atom. The zero-order valence-corrected chi connectivity index (χ0v) is 65.9. The van der Waals surface area contributed by atoms with Gasteiger partial charge in [0.1, 0.15) is 103 Å². The summed E-state index contributed by atoms with van der Waals surface area (Å²) in [6.45, 7) is 18.3. The van der Waals surface area contributed by atoms with E-state index in [0.29, 0.717) is 67.7 Å². The number of hydrogen-bond donors (Lipinski definition) is 5. The first-order valence-corrected chi connectivity index (χ1v) is 38.5. The van der Waals surface area contributed by atoms with Crippen LogP contribution in [0.5, 0.6) is 17.2 Å². The molecule has 3 aliphatic heterocycles. The van der Waals surface area contributed by atoms with E-state index in [-0.39, 0.29) is 53.1 Å². The number of carbonyl (C=O) groups is 6. The van der Waals surface area contributed by atoms with Gasteiger partial charge in [-0.25, -0.2) is 15.0 Å². The zero-order chi connectivity index (χ0) is 81.9. The summed E-state index contributed by atoms with van der Waals surface area (Å²) in [5.41, 5.74) is 5.62. The topological polar surface area (TPSA) is 318 Å². The van der Waals surface area contributed by atoms with Crippen LogP contribution in [0.15, 0.2) is 257 Å². The number of nitrogens with one attached hydrogen (secondary N) is 4. The molecule has 0 fully saturated rings. The number of rotatable bonds is 22. The van der Waals surface area contributed by atoms with Gasteiger partial charge < -0.3 is 49.9 Å². The molecule has 0 aliphatic carbocycles. The highest BCUT2D eigenvalue weighted by Gasteiger charge is 2.45. The summed E-state index contributed by atoms with van der Waals surface area (Å²) in [6.07, 6.45) is 14.3. The first-order chi connectivity index (χ1) is 56.3. The number of nitrogens with zero attached hydrogens (tertiary/aromatic N) is 11. The Labute approximate surface area is 676 Å². The number of carbonyl (C=O) groups excluding carboxylic acids is 6. The van der Waals surface area contributed by atoms with E-state index in [1.165, 1.54) is 80.3 Å². The van der Waals surface area contributed by atoms with Crippen LogP contribution < -0.4 is 54.5 Å². The minimum absolute atomic E-state index is 0.0669. The maximum absolute atomic E-state index is 16.2. The van der Waals surface area contributed by atoms with E-state index < -0.39 is 90.0 Å². The Balaban J connectivity index is 0.741. The first kappa shape index (κ1) is 78.5. The third kappa shape index (κ3) is 16.8. The van der Waals surface area contributed by atoms with Crippen LogP contribution in [-0.2, 0) is 30.6 Å². The lowest BCUT2D eigenvalue weighted by atomic mass is 9.87. The van der Waals surface area contributed by atoms with E-state index in [1.807, 2.05) is 60.7 Å². The molecule has 15 rings (SSSR count). The third-order valence-electron chi connectivity index (χ3n) is 21.0. The fourth-order valence-electron chi connectivity index (χ4n) is 14.8. The number of aromatic nitrogens is 9. The monoisotopic (exact) mass is 1570 g/mol. The molecule has 117 heavy (non-hydrogen) atoms. The molecule has 3 unspecified atom stereocenters. The number of amides is 6. The fraction of sp³-hybridized carbons (Fsp3) is 0.267. The standard InChI is InChI=1S/C90H89N15O12/c1-88(2,3)58-28-34-61(35-29-58)103(85(110)67-46-94-52-95-67)80(56-20-17-41-92-44-56)83(108)99-77-65-23-11-14-26-72(65)114-50-74(77)116-102-48-69(97-54-102)87(112)105(63-38-32-60(33-39-63)90(7,8)9)81(57-21-18-42-93-45-57)84(109)100-78-66-24-12-15-27-73(66)115-51-75(78)117-101-47-68(96-53-101)86(111)104(62-36-30-59(31-37-62)89(4,5)6)79(55-19-16-40-91-43-55)82(107)98-76-64-22-10-13-25-71(64)113-49-70(76)106/h10-48,52-54,70,74-81,106H,49-51H2,1-9H3,(H,94,95)(H,98,107)(H,99,108)(H,100,109)/t70-,74+,75+,76-,77-,78+,79?,80?,81?/m0/s1. The molecule has 0 radical (unpaired) electrons. The lowest BCUT2D eigenvalue weighted by Crippen LogP contribution is -2.51. The summed E-state index contributed by atoms with van der Waals surface area (Å²) < 4.78 is 21.1. The van der Waals surface area contributed by atoms with Gasteiger partial charge in [0.05, 0.1) is 24.8 Å². The van der Waals surface area contributed by atoms with Crippen molar-refractivity contribution in [3.05, 3.63) is 324 Å². The average Bonchev–Trinajstić information content (AvgIpc) is 1.73. The molecule has 9 atom stereocenters. The molecule has 0 spiro atoms. The second-order valence-electron chi connectivity index (χ2n) is 32.0. The van der Waals surface area contributed by atoms with Crippen molar-refractivity contribution >= 4 is 52.5 Å². The summed E-state index contributed by atoms with van der Waals surface area (Å²) in [7, 11) is 0. The number of aromatic amines is 1. The minimum atomic E-state index is -1.49. The molecule has 27 heteroatoms. The number of imidazole rings is 3. The molecule has 6 aromatic heterocycles. The van der Waals surface area contributed by atoms with Crippen molar-refractivity contribution in [3.63, 3.8) is 0 Å². The van der Waals surface area contributed by atoms with Gasteiger partial charge in [0.25, 0.3) is 17.7 Å². The second-order valence-corrected chi connectivity index (χ2v) is 32.0. The average molecular weight is 1570 g/mol. The van der Waals surface area contributed by atoms with Crippen LogP contribution in [0.2, 0.25) is 0 Å². The normalized spacial score (nSPS) is 17.7. The Morgan fingerprint density at radius 2 is 0.761 bits per heavy atom. The fourth-order valence-corrected chi connectivity index (χ4v) is 14.8. The number of pyridine rings is 3. The van der Waals surface area contributed by atoms with E-state index in [4.69, 9.17) is 23.9 Å². The molecule has 5 N–H and O–H groups in total. The molecule has 0 saturated heterocycles. The maximum Gasteiger partial charge on any atom is 0.279 e. The van der Waals surface area contributed by atoms with Crippen molar-refractivity contribution in [2.45, 2.75) is 133 Å². The minimum Gasteiger partial charge on any atom is -0.490 e. The van der Waals surface area contributed by atoms with Crippen LogP contribution in [0.25, 0.3) is 0 Å². The van der Waals surface area contributed by atoms with Gasteiger partial charge >= 0.3 is 0 Å². The highest BCUT2D eigenvalue weighted by Crippen LogP contribution is 2.42. The highest BCUT2D eigenvalue weighted by molar-refractivity contribution is 6.11. The number of aliphatic hydroxyl groups is 1. The highest BCUT2D eigenvalue weighted by atomic mass is 16.7.